The van der Waals surface area contributed by atoms with Crippen LogP contribution in [0.3, 0.4) is 0 Å². The van der Waals surface area contributed by atoms with Crippen LogP contribution in [0.4, 0.5) is 27.8 Å². The lowest BCUT2D eigenvalue weighted by molar-refractivity contribution is -0.141. The number of aromatic nitrogens is 2. The molecular weight excluding hydrogens is 473 g/mol. The highest BCUT2D eigenvalue weighted by atomic mass is 19.4. The summed E-state index contributed by atoms with van der Waals surface area (Å²) in [5.74, 6) is -6.53. The van der Waals surface area contributed by atoms with E-state index in [9.17, 15) is 31.5 Å². The lowest BCUT2D eigenvalue weighted by atomic mass is 9.86. The normalized spacial score (nSPS) is 20.1. The molecule has 1 aliphatic heterocycles. The summed E-state index contributed by atoms with van der Waals surface area (Å²) in [5, 5.41) is 0. The van der Waals surface area contributed by atoms with Crippen molar-refractivity contribution in [2.24, 2.45) is 11.8 Å². The van der Waals surface area contributed by atoms with Gasteiger partial charge in [-0.1, -0.05) is 13.8 Å². The second kappa shape index (κ2) is 9.23. The van der Waals surface area contributed by atoms with E-state index >= 15 is 0 Å². The minimum atomic E-state index is -4.80. The molecule has 35 heavy (non-hydrogen) atoms. The van der Waals surface area contributed by atoms with Crippen molar-refractivity contribution in [1.82, 2.24) is 9.97 Å². The molecule has 2 aromatic rings. The fourth-order valence-electron chi connectivity index (χ4n) is 4.37. The van der Waals surface area contributed by atoms with Crippen molar-refractivity contribution in [2.45, 2.75) is 53.6 Å². The van der Waals surface area contributed by atoms with Crippen molar-refractivity contribution in [3.8, 4) is 11.3 Å². The summed E-state index contributed by atoms with van der Waals surface area (Å²) in [7, 11) is 0. The predicted octanol–water partition coefficient (Wildman–Crippen LogP) is 5.29. The minimum absolute atomic E-state index is 0.0297. The Balaban J connectivity index is 2.36. The van der Waals surface area contributed by atoms with Crippen LogP contribution in [0.5, 0.6) is 0 Å². The topological polar surface area (TPSA) is 75.3 Å². The molecule has 0 spiro atoms. The molecule has 11 heteroatoms. The summed E-state index contributed by atoms with van der Waals surface area (Å²) in [4.78, 5) is 34.0. The number of carbonyl (C=O) groups is 1. The molecule has 0 aromatic carbocycles. The van der Waals surface area contributed by atoms with Crippen molar-refractivity contribution >= 4 is 11.8 Å². The van der Waals surface area contributed by atoms with E-state index in [0.29, 0.717) is 5.69 Å². The molecule has 0 saturated carbocycles. The van der Waals surface area contributed by atoms with Gasteiger partial charge in [0.05, 0.1) is 12.3 Å². The van der Waals surface area contributed by atoms with Crippen LogP contribution in [-0.4, -0.2) is 41.6 Å². The van der Waals surface area contributed by atoms with E-state index in [1.807, 2.05) is 0 Å². The van der Waals surface area contributed by atoms with Gasteiger partial charge in [0.2, 0.25) is 0 Å². The van der Waals surface area contributed by atoms with E-state index in [1.54, 1.807) is 13.8 Å². The standard InChI is InChI=1S/C24H28F5N3O3/c1-7-35-22(34)17-18(30-15(6)14(5)19(17)33)16-8-11(2)20(24(27,28)29)31-21(16)32-9-12(3)23(25,26)13(4)10-32/h8,12-13H,7,9-10H2,1-6H3,(H,30,33). The first-order valence-corrected chi connectivity index (χ1v) is 11.2. The van der Waals surface area contributed by atoms with E-state index in [-0.39, 0.29) is 53.5 Å². The fraction of sp³-hybridized carbons (Fsp3) is 0.542. The van der Waals surface area contributed by atoms with E-state index in [4.69, 9.17) is 4.74 Å². The van der Waals surface area contributed by atoms with Crippen LogP contribution in [0.25, 0.3) is 11.3 Å². The van der Waals surface area contributed by atoms with Crippen LogP contribution >= 0.6 is 0 Å². The average molecular weight is 501 g/mol. The Morgan fingerprint density at radius 3 is 2.29 bits per heavy atom. The number of halogens is 5. The highest BCUT2D eigenvalue weighted by Crippen LogP contribution is 2.43. The molecule has 2 atom stereocenters. The molecule has 1 N–H and O–H groups in total. The van der Waals surface area contributed by atoms with Gasteiger partial charge in [0.1, 0.15) is 17.1 Å². The summed E-state index contributed by atoms with van der Waals surface area (Å²) in [6.45, 7) is 7.95. The first-order valence-electron chi connectivity index (χ1n) is 11.2. The summed E-state index contributed by atoms with van der Waals surface area (Å²) in [6.07, 6.45) is -4.80. The van der Waals surface area contributed by atoms with E-state index in [1.165, 1.54) is 38.7 Å². The molecular formula is C24H28F5N3O3. The van der Waals surface area contributed by atoms with Crippen LogP contribution in [0, 0.1) is 32.6 Å². The van der Waals surface area contributed by atoms with E-state index < -0.39 is 41.0 Å². The number of hydrogen-bond donors (Lipinski definition) is 1. The van der Waals surface area contributed by atoms with Crippen LogP contribution < -0.4 is 10.3 Å². The zero-order valence-corrected chi connectivity index (χ0v) is 20.4. The number of piperidine rings is 1. The number of carbonyl (C=O) groups excluding carboxylic acids is 1. The van der Waals surface area contributed by atoms with Gasteiger partial charge in [0, 0.05) is 41.7 Å². The van der Waals surface area contributed by atoms with Gasteiger partial charge in [-0.25, -0.2) is 18.6 Å². The predicted molar refractivity (Wildman–Crippen MR) is 121 cm³/mol. The number of nitrogens with one attached hydrogen (secondary N) is 1. The maximum Gasteiger partial charge on any atom is 0.433 e. The highest BCUT2D eigenvalue weighted by Gasteiger charge is 2.48. The second-order valence-electron chi connectivity index (χ2n) is 9.08. The summed E-state index contributed by atoms with van der Waals surface area (Å²) in [5.41, 5.74) is -1.81. The number of rotatable bonds is 4. The number of ether oxygens (including phenoxy) is 1. The molecule has 0 aliphatic carbocycles. The van der Waals surface area contributed by atoms with Gasteiger partial charge in [-0.3, -0.25) is 4.79 Å². The minimum Gasteiger partial charge on any atom is -0.462 e. The zero-order valence-electron chi connectivity index (χ0n) is 20.4. The Labute approximate surface area is 199 Å². The molecule has 192 valence electrons. The lowest BCUT2D eigenvalue weighted by Gasteiger charge is -2.42. The average Bonchev–Trinajstić information content (AvgIpc) is 2.74. The number of nitrogens with zero attached hydrogens (tertiary/aromatic N) is 2. The SMILES string of the molecule is CCOC(=O)c1c(-c2cc(C)c(C(F)(F)F)nc2N2CC(C)C(F)(F)C(C)C2)[nH]c(C)c(C)c1=O. The number of aromatic amines is 1. The van der Waals surface area contributed by atoms with Crippen molar-refractivity contribution in [1.29, 1.82) is 0 Å². The highest BCUT2D eigenvalue weighted by molar-refractivity contribution is 5.98. The van der Waals surface area contributed by atoms with Gasteiger partial charge < -0.3 is 14.6 Å². The maximum atomic E-state index is 14.5. The Hall–Kier alpha value is -2.98. The summed E-state index contributed by atoms with van der Waals surface area (Å²) < 4.78 is 75.3. The summed E-state index contributed by atoms with van der Waals surface area (Å²) in [6, 6.07) is 1.18. The van der Waals surface area contributed by atoms with Gasteiger partial charge in [0.25, 0.3) is 5.92 Å². The molecule has 2 aromatic heterocycles. The third kappa shape index (κ3) is 4.77. The third-order valence-electron chi connectivity index (χ3n) is 6.51. The smallest absolute Gasteiger partial charge is 0.433 e. The van der Waals surface area contributed by atoms with Crippen molar-refractivity contribution in [2.75, 3.05) is 24.6 Å². The molecule has 1 saturated heterocycles. The first-order chi connectivity index (χ1) is 16.1. The van der Waals surface area contributed by atoms with Crippen LogP contribution in [0.1, 0.15) is 53.6 Å². The molecule has 3 rings (SSSR count). The van der Waals surface area contributed by atoms with Crippen molar-refractivity contribution in [3.63, 3.8) is 0 Å². The van der Waals surface area contributed by atoms with Crippen LogP contribution in [0.15, 0.2) is 10.9 Å². The van der Waals surface area contributed by atoms with E-state index in [2.05, 4.69) is 9.97 Å². The Morgan fingerprint density at radius 2 is 1.77 bits per heavy atom. The Morgan fingerprint density at radius 1 is 1.20 bits per heavy atom. The lowest BCUT2D eigenvalue weighted by Crippen LogP contribution is -2.52. The van der Waals surface area contributed by atoms with Crippen LogP contribution in [-0.2, 0) is 10.9 Å². The molecule has 1 fully saturated rings. The quantitative estimate of drug-likeness (QED) is 0.456. The van der Waals surface area contributed by atoms with Gasteiger partial charge in [-0.05, 0) is 39.3 Å². The molecule has 1 aliphatic rings. The number of H-pyrrole nitrogens is 1. The largest absolute Gasteiger partial charge is 0.462 e. The third-order valence-corrected chi connectivity index (χ3v) is 6.51. The van der Waals surface area contributed by atoms with Gasteiger partial charge >= 0.3 is 12.1 Å². The fourth-order valence-corrected chi connectivity index (χ4v) is 4.37. The molecule has 0 amide bonds. The monoisotopic (exact) mass is 501 g/mol. The van der Waals surface area contributed by atoms with Crippen LogP contribution in [0.2, 0.25) is 0 Å². The Bertz CT molecular complexity index is 1190. The number of hydrogen-bond acceptors (Lipinski definition) is 5. The molecule has 0 bridgehead atoms. The van der Waals surface area contributed by atoms with Gasteiger partial charge in [0.15, 0.2) is 5.43 Å². The molecule has 6 nitrogen and oxygen atoms in total. The number of aryl methyl sites for hydroxylation is 2. The van der Waals surface area contributed by atoms with Gasteiger partial charge in [-0.2, -0.15) is 13.2 Å². The number of esters is 1. The molecule has 3 heterocycles. The number of pyridine rings is 2. The van der Waals surface area contributed by atoms with Crippen molar-refractivity contribution in [3.05, 3.63) is 44.4 Å². The van der Waals surface area contributed by atoms with Crippen molar-refractivity contribution < 1.29 is 31.5 Å². The number of alkyl halides is 5. The number of anilines is 1. The maximum absolute atomic E-state index is 14.5. The summed E-state index contributed by atoms with van der Waals surface area (Å²) >= 11 is 0. The molecule has 0 radical (unpaired) electrons. The first kappa shape index (κ1) is 26.6. The van der Waals surface area contributed by atoms with E-state index in [0.717, 1.165) is 0 Å². The molecule has 2 unspecified atom stereocenters. The second-order valence-corrected chi connectivity index (χ2v) is 9.08. The zero-order chi connectivity index (χ0) is 26.5. The van der Waals surface area contributed by atoms with Gasteiger partial charge in [-0.15, -0.1) is 0 Å². The Kier molecular flexibility index (Phi) is 7.02.